The number of benzene rings is 2. The van der Waals surface area contributed by atoms with Crippen LogP contribution in [0.3, 0.4) is 0 Å². The topological polar surface area (TPSA) is 32.3 Å². The molecule has 1 aliphatic carbocycles. The van der Waals surface area contributed by atoms with Crippen LogP contribution in [0.25, 0.3) is 11.1 Å². The van der Waals surface area contributed by atoms with Crippen molar-refractivity contribution in [2.24, 2.45) is 0 Å². The zero-order valence-corrected chi connectivity index (χ0v) is 13.3. The van der Waals surface area contributed by atoms with Crippen molar-refractivity contribution in [2.45, 2.75) is 24.8 Å². The van der Waals surface area contributed by atoms with Gasteiger partial charge in [-0.25, -0.2) is 4.39 Å². The lowest BCUT2D eigenvalue weighted by Gasteiger charge is -2.12. The second-order valence-electron chi connectivity index (χ2n) is 6.85. The lowest BCUT2D eigenvalue weighted by molar-refractivity contribution is -0.117. The summed E-state index contributed by atoms with van der Waals surface area (Å²) in [6.45, 7) is 0.762. The second-order valence-corrected chi connectivity index (χ2v) is 6.85. The van der Waals surface area contributed by atoms with Gasteiger partial charge in [0, 0.05) is 17.8 Å². The minimum Gasteiger partial charge on any atom is -0.325 e. The molecule has 3 nitrogen and oxygen atoms in total. The van der Waals surface area contributed by atoms with E-state index >= 15 is 0 Å². The Bertz CT molecular complexity index is 809. The smallest absolute Gasteiger partial charge is 0.235 e. The molecular formula is C19H19FN2O. The predicted octanol–water partition coefficient (Wildman–Crippen LogP) is 3.54. The van der Waals surface area contributed by atoms with E-state index in [9.17, 15) is 9.18 Å². The van der Waals surface area contributed by atoms with E-state index in [1.807, 2.05) is 44.4 Å². The molecule has 1 N–H and O–H groups in total. The van der Waals surface area contributed by atoms with E-state index in [-0.39, 0.29) is 17.1 Å². The molecule has 4 rings (SSSR count). The highest BCUT2D eigenvalue weighted by Crippen LogP contribution is 2.55. The molecule has 2 aliphatic rings. The maximum atomic E-state index is 14.3. The first-order chi connectivity index (χ1) is 11.0. The Morgan fingerprint density at radius 2 is 1.96 bits per heavy atom. The first kappa shape index (κ1) is 14.4. The van der Waals surface area contributed by atoms with Crippen molar-refractivity contribution in [1.29, 1.82) is 0 Å². The van der Waals surface area contributed by atoms with Crippen LogP contribution < -0.4 is 5.32 Å². The fraction of sp³-hybridized carbons (Fsp3) is 0.316. The van der Waals surface area contributed by atoms with Gasteiger partial charge in [-0.15, -0.1) is 0 Å². The van der Waals surface area contributed by atoms with Crippen LogP contribution >= 0.6 is 0 Å². The van der Waals surface area contributed by atoms with E-state index in [4.69, 9.17) is 0 Å². The Hall–Kier alpha value is -2.20. The van der Waals surface area contributed by atoms with E-state index in [1.165, 1.54) is 6.07 Å². The summed E-state index contributed by atoms with van der Waals surface area (Å²) in [4.78, 5) is 14.2. The highest BCUT2D eigenvalue weighted by atomic mass is 19.1. The molecule has 1 saturated carbocycles. The number of hydrogen-bond donors (Lipinski definition) is 1. The standard InChI is InChI=1S/C19H19FN2O/c1-22(2)11-12-3-6-16(20)14(9-12)13-4-5-15-17(10-13)21-18(23)19(15)7-8-19/h3-6,9-10H,7-8,11H2,1-2H3,(H,21,23). The van der Waals surface area contributed by atoms with Gasteiger partial charge >= 0.3 is 0 Å². The number of halogens is 1. The van der Waals surface area contributed by atoms with Gasteiger partial charge < -0.3 is 10.2 Å². The van der Waals surface area contributed by atoms with Crippen LogP contribution in [0.4, 0.5) is 10.1 Å². The van der Waals surface area contributed by atoms with Gasteiger partial charge in [0.1, 0.15) is 5.82 Å². The van der Waals surface area contributed by atoms with Crippen molar-refractivity contribution < 1.29 is 9.18 Å². The van der Waals surface area contributed by atoms with E-state index in [0.29, 0.717) is 5.56 Å². The van der Waals surface area contributed by atoms with Crippen LogP contribution in [0, 0.1) is 5.82 Å². The summed E-state index contributed by atoms with van der Waals surface area (Å²) in [7, 11) is 3.98. The summed E-state index contributed by atoms with van der Waals surface area (Å²) < 4.78 is 14.3. The molecule has 0 aromatic heterocycles. The molecule has 1 aliphatic heterocycles. The van der Waals surface area contributed by atoms with Crippen LogP contribution in [-0.4, -0.2) is 24.9 Å². The summed E-state index contributed by atoms with van der Waals surface area (Å²) in [5, 5.41) is 2.96. The molecular weight excluding hydrogens is 291 g/mol. The fourth-order valence-corrected chi connectivity index (χ4v) is 3.48. The average Bonchev–Trinajstić information content (AvgIpc) is 3.25. The normalized spacial score (nSPS) is 17.5. The van der Waals surface area contributed by atoms with Gasteiger partial charge in [0.15, 0.2) is 0 Å². The third kappa shape index (κ3) is 2.25. The number of nitrogens with one attached hydrogen (secondary N) is 1. The van der Waals surface area contributed by atoms with Crippen molar-refractivity contribution in [3.63, 3.8) is 0 Å². The maximum absolute atomic E-state index is 14.3. The number of anilines is 1. The van der Waals surface area contributed by atoms with Crippen LogP contribution in [0.2, 0.25) is 0 Å². The molecule has 4 heteroatoms. The fourth-order valence-electron chi connectivity index (χ4n) is 3.48. The third-order valence-electron chi connectivity index (χ3n) is 4.81. The SMILES string of the molecule is CN(C)Cc1ccc(F)c(-c2ccc3c(c2)NC(=O)C32CC2)c1. The highest BCUT2D eigenvalue weighted by molar-refractivity contribution is 6.08. The number of carbonyl (C=O) groups excluding carboxylic acids is 1. The van der Waals surface area contributed by atoms with Crippen LogP contribution in [0.5, 0.6) is 0 Å². The Balaban J connectivity index is 1.75. The summed E-state index contributed by atoms with van der Waals surface area (Å²) in [6, 6.07) is 11.0. The molecule has 1 heterocycles. The molecule has 1 fully saturated rings. The summed E-state index contributed by atoms with van der Waals surface area (Å²) in [6.07, 6.45) is 1.83. The van der Waals surface area contributed by atoms with Gasteiger partial charge in [0.05, 0.1) is 5.41 Å². The van der Waals surface area contributed by atoms with Crippen molar-refractivity contribution in [3.8, 4) is 11.1 Å². The molecule has 1 amide bonds. The number of fused-ring (bicyclic) bond motifs is 2. The van der Waals surface area contributed by atoms with E-state index < -0.39 is 0 Å². The lowest BCUT2D eigenvalue weighted by Crippen LogP contribution is -2.18. The predicted molar refractivity (Wildman–Crippen MR) is 88.8 cm³/mol. The molecule has 2 aromatic rings. The van der Waals surface area contributed by atoms with Gasteiger partial charge in [-0.1, -0.05) is 18.2 Å². The number of nitrogens with zero attached hydrogens (tertiary/aromatic N) is 1. The molecule has 23 heavy (non-hydrogen) atoms. The van der Waals surface area contributed by atoms with Crippen LogP contribution in [-0.2, 0) is 16.8 Å². The van der Waals surface area contributed by atoms with Gasteiger partial charge in [-0.05, 0) is 61.8 Å². The first-order valence-electron chi connectivity index (χ1n) is 7.89. The molecule has 1 spiro atoms. The zero-order valence-electron chi connectivity index (χ0n) is 13.3. The quantitative estimate of drug-likeness (QED) is 0.940. The van der Waals surface area contributed by atoms with Crippen molar-refractivity contribution in [1.82, 2.24) is 4.90 Å². The van der Waals surface area contributed by atoms with Crippen LogP contribution in [0.15, 0.2) is 36.4 Å². The van der Waals surface area contributed by atoms with Gasteiger partial charge in [0.2, 0.25) is 5.91 Å². The number of carbonyl (C=O) groups is 1. The largest absolute Gasteiger partial charge is 0.325 e. The first-order valence-corrected chi connectivity index (χ1v) is 7.89. The van der Waals surface area contributed by atoms with Gasteiger partial charge in [0.25, 0.3) is 0 Å². The number of rotatable bonds is 3. The maximum Gasteiger partial charge on any atom is 0.235 e. The minimum atomic E-state index is -0.292. The van der Waals surface area contributed by atoms with Gasteiger partial charge in [-0.3, -0.25) is 4.79 Å². The summed E-state index contributed by atoms with van der Waals surface area (Å²) in [5.74, 6) is -0.149. The Morgan fingerprint density at radius 3 is 2.65 bits per heavy atom. The Kier molecular flexibility index (Phi) is 3.07. The molecule has 118 valence electrons. The summed E-state index contributed by atoms with van der Waals surface area (Å²) in [5.41, 5.74) is 4.06. The van der Waals surface area contributed by atoms with Crippen LogP contribution in [0.1, 0.15) is 24.0 Å². The van der Waals surface area contributed by atoms with Crippen molar-refractivity contribution >= 4 is 11.6 Å². The molecule has 0 bridgehead atoms. The summed E-state index contributed by atoms with van der Waals surface area (Å²) >= 11 is 0. The molecule has 0 saturated heterocycles. The average molecular weight is 310 g/mol. The highest BCUT2D eigenvalue weighted by Gasteiger charge is 2.56. The Labute approximate surface area is 135 Å². The molecule has 2 aromatic carbocycles. The number of hydrogen-bond acceptors (Lipinski definition) is 2. The van der Waals surface area contributed by atoms with Crippen molar-refractivity contribution in [2.75, 3.05) is 19.4 Å². The third-order valence-corrected chi connectivity index (χ3v) is 4.81. The molecule has 0 radical (unpaired) electrons. The number of amides is 1. The monoisotopic (exact) mass is 310 g/mol. The second kappa shape index (κ2) is 4.90. The van der Waals surface area contributed by atoms with E-state index in [1.54, 1.807) is 0 Å². The minimum absolute atomic E-state index is 0.0893. The van der Waals surface area contributed by atoms with E-state index in [0.717, 1.165) is 41.8 Å². The molecule has 0 atom stereocenters. The van der Waals surface area contributed by atoms with Crippen molar-refractivity contribution in [3.05, 3.63) is 53.3 Å². The van der Waals surface area contributed by atoms with E-state index in [2.05, 4.69) is 10.2 Å². The Morgan fingerprint density at radius 1 is 1.17 bits per heavy atom. The molecule has 0 unspecified atom stereocenters. The zero-order chi connectivity index (χ0) is 16.2. The lowest BCUT2D eigenvalue weighted by atomic mass is 9.94. The van der Waals surface area contributed by atoms with Gasteiger partial charge in [-0.2, -0.15) is 0 Å².